The van der Waals surface area contributed by atoms with Gasteiger partial charge in [0, 0.05) is 19.5 Å². The van der Waals surface area contributed by atoms with Crippen molar-refractivity contribution in [2.45, 2.75) is 12.8 Å². The number of hydrogen-bond donors (Lipinski definition) is 1. The molecule has 0 bridgehead atoms. The van der Waals surface area contributed by atoms with Gasteiger partial charge < -0.3 is 15.0 Å². The summed E-state index contributed by atoms with van der Waals surface area (Å²) in [7, 11) is 0. The molecule has 0 aliphatic carbocycles. The molecule has 2 aliphatic rings. The van der Waals surface area contributed by atoms with E-state index in [4.69, 9.17) is 4.74 Å². The van der Waals surface area contributed by atoms with E-state index in [0.29, 0.717) is 6.42 Å². The number of rotatable bonds is 1. The molecular formula is C13H16N2O2. The van der Waals surface area contributed by atoms with Gasteiger partial charge in [0.25, 0.3) is 0 Å². The summed E-state index contributed by atoms with van der Waals surface area (Å²) in [5, 5.41) is 3.00. The van der Waals surface area contributed by atoms with Crippen molar-refractivity contribution in [3.05, 3.63) is 23.8 Å². The maximum Gasteiger partial charge on any atom is 0.224 e. The van der Waals surface area contributed by atoms with Crippen molar-refractivity contribution in [3.63, 3.8) is 0 Å². The van der Waals surface area contributed by atoms with E-state index in [9.17, 15) is 4.79 Å². The van der Waals surface area contributed by atoms with Crippen LogP contribution >= 0.6 is 0 Å². The zero-order valence-electron chi connectivity index (χ0n) is 9.74. The molecular weight excluding hydrogens is 216 g/mol. The molecule has 2 aliphatic heterocycles. The molecule has 1 N–H and O–H groups in total. The Balaban J connectivity index is 1.95. The highest BCUT2D eigenvalue weighted by Gasteiger charge is 2.21. The molecule has 3 rings (SSSR count). The predicted molar refractivity (Wildman–Crippen MR) is 66.4 cm³/mol. The average molecular weight is 232 g/mol. The van der Waals surface area contributed by atoms with Crippen molar-refractivity contribution < 1.29 is 9.53 Å². The average Bonchev–Trinajstić information content (AvgIpc) is 2.39. The number of anilines is 2. The first-order valence-corrected chi connectivity index (χ1v) is 6.09. The number of amides is 1. The second-order valence-corrected chi connectivity index (χ2v) is 4.46. The summed E-state index contributed by atoms with van der Waals surface area (Å²) in [5.41, 5.74) is 3.39. The van der Waals surface area contributed by atoms with Crippen LogP contribution in [0.2, 0.25) is 0 Å². The summed E-state index contributed by atoms with van der Waals surface area (Å²) in [6, 6.07) is 6.25. The van der Waals surface area contributed by atoms with Crippen LogP contribution in [-0.2, 0) is 16.0 Å². The van der Waals surface area contributed by atoms with Crippen LogP contribution in [-0.4, -0.2) is 32.2 Å². The van der Waals surface area contributed by atoms with Gasteiger partial charge in [-0.3, -0.25) is 4.79 Å². The fraction of sp³-hybridized carbons (Fsp3) is 0.462. The first kappa shape index (κ1) is 10.6. The highest BCUT2D eigenvalue weighted by Crippen LogP contribution is 2.33. The summed E-state index contributed by atoms with van der Waals surface area (Å²) in [6.45, 7) is 3.31. The van der Waals surface area contributed by atoms with E-state index in [2.05, 4.69) is 28.4 Å². The quantitative estimate of drug-likeness (QED) is 0.796. The van der Waals surface area contributed by atoms with Crippen molar-refractivity contribution in [2.24, 2.45) is 0 Å². The second-order valence-electron chi connectivity index (χ2n) is 4.46. The Hall–Kier alpha value is -1.55. The normalized spacial score (nSPS) is 19.8. The van der Waals surface area contributed by atoms with Crippen molar-refractivity contribution in [1.82, 2.24) is 0 Å². The van der Waals surface area contributed by atoms with E-state index in [0.717, 1.165) is 44.1 Å². The zero-order chi connectivity index (χ0) is 11.7. The van der Waals surface area contributed by atoms with Crippen LogP contribution in [0.15, 0.2) is 18.2 Å². The van der Waals surface area contributed by atoms with E-state index < -0.39 is 0 Å². The van der Waals surface area contributed by atoms with Gasteiger partial charge in [-0.15, -0.1) is 0 Å². The SMILES string of the molecule is O=C1CCc2cccc(N3CCOCC3)c2N1. The van der Waals surface area contributed by atoms with Gasteiger partial charge in [-0.05, 0) is 18.1 Å². The lowest BCUT2D eigenvalue weighted by Crippen LogP contribution is -2.37. The van der Waals surface area contributed by atoms with Gasteiger partial charge in [0.05, 0.1) is 24.6 Å². The highest BCUT2D eigenvalue weighted by atomic mass is 16.5. The molecule has 17 heavy (non-hydrogen) atoms. The fourth-order valence-electron chi connectivity index (χ4n) is 2.46. The van der Waals surface area contributed by atoms with Crippen LogP contribution < -0.4 is 10.2 Å². The van der Waals surface area contributed by atoms with Gasteiger partial charge in [-0.1, -0.05) is 12.1 Å². The van der Waals surface area contributed by atoms with Crippen LogP contribution in [0.25, 0.3) is 0 Å². The molecule has 1 amide bonds. The Bertz CT molecular complexity index is 439. The number of nitrogens with zero attached hydrogens (tertiary/aromatic N) is 1. The Morgan fingerprint density at radius 2 is 2.00 bits per heavy atom. The second kappa shape index (κ2) is 4.37. The molecule has 4 nitrogen and oxygen atoms in total. The van der Waals surface area contributed by atoms with Gasteiger partial charge in [-0.2, -0.15) is 0 Å². The molecule has 0 aromatic heterocycles. The van der Waals surface area contributed by atoms with Gasteiger partial charge in [0.15, 0.2) is 0 Å². The lowest BCUT2D eigenvalue weighted by molar-refractivity contribution is -0.116. The third-order valence-corrected chi connectivity index (χ3v) is 3.37. The number of aryl methyl sites for hydroxylation is 1. The topological polar surface area (TPSA) is 41.6 Å². The summed E-state index contributed by atoms with van der Waals surface area (Å²) >= 11 is 0. The van der Waals surface area contributed by atoms with Crippen LogP contribution in [0, 0.1) is 0 Å². The number of hydrogen-bond acceptors (Lipinski definition) is 3. The Morgan fingerprint density at radius 3 is 2.82 bits per heavy atom. The van der Waals surface area contributed by atoms with Crippen molar-refractivity contribution in [1.29, 1.82) is 0 Å². The van der Waals surface area contributed by atoms with Crippen LogP contribution in [0.3, 0.4) is 0 Å². The first-order valence-electron chi connectivity index (χ1n) is 6.09. The Labute approximate surface area is 101 Å². The van der Waals surface area contributed by atoms with Gasteiger partial charge in [-0.25, -0.2) is 0 Å². The largest absolute Gasteiger partial charge is 0.378 e. The third-order valence-electron chi connectivity index (χ3n) is 3.37. The first-order chi connectivity index (χ1) is 8.34. The minimum absolute atomic E-state index is 0.123. The third kappa shape index (κ3) is 2.00. The van der Waals surface area contributed by atoms with E-state index in [1.165, 1.54) is 5.56 Å². The summed E-state index contributed by atoms with van der Waals surface area (Å²) in [6.07, 6.45) is 1.44. The molecule has 0 radical (unpaired) electrons. The van der Waals surface area contributed by atoms with Crippen molar-refractivity contribution in [2.75, 3.05) is 36.5 Å². The minimum Gasteiger partial charge on any atom is -0.378 e. The number of nitrogens with one attached hydrogen (secondary N) is 1. The lowest BCUT2D eigenvalue weighted by atomic mass is 10.0. The predicted octanol–water partition coefficient (Wildman–Crippen LogP) is 1.41. The molecule has 1 aromatic rings. The van der Waals surface area contributed by atoms with Crippen molar-refractivity contribution in [3.8, 4) is 0 Å². The maximum absolute atomic E-state index is 11.5. The maximum atomic E-state index is 11.5. The molecule has 0 atom stereocenters. The summed E-state index contributed by atoms with van der Waals surface area (Å²) in [4.78, 5) is 13.8. The number of fused-ring (bicyclic) bond motifs is 1. The minimum atomic E-state index is 0.123. The van der Waals surface area contributed by atoms with E-state index in [-0.39, 0.29) is 5.91 Å². The summed E-state index contributed by atoms with van der Waals surface area (Å²) in [5.74, 6) is 0.123. The fourth-order valence-corrected chi connectivity index (χ4v) is 2.46. The number of carbonyl (C=O) groups excluding carboxylic acids is 1. The zero-order valence-corrected chi connectivity index (χ0v) is 9.74. The van der Waals surface area contributed by atoms with Crippen molar-refractivity contribution >= 4 is 17.3 Å². The lowest BCUT2D eigenvalue weighted by Gasteiger charge is -2.32. The number of benzene rings is 1. The summed E-state index contributed by atoms with van der Waals surface area (Å²) < 4.78 is 5.36. The molecule has 4 heteroatoms. The molecule has 1 aromatic carbocycles. The van der Waals surface area contributed by atoms with Gasteiger partial charge in [0.2, 0.25) is 5.91 Å². The van der Waals surface area contributed by atoms with E-state index in [1.54, 1.807) is 0 Å². The van der Waals surface area contributed by atoms with Gasteiger partial charge >= 0.3 is 0 Å². The highest BCUT2D eigenvalue weighted by molar-refractivity contribution is 5.97. The van der Waals surface area contributed by atoms with Gasteiger partial charge in [0.1, 0.15) is 0 Å². The number of para-hydroxylation sites is 1. The Kier molecular flexibility index (Phi) is 2.73. The van der Waals surface area contributed by atoms with Crippen LogP contribution in [0.4, 0.5) is 11.4 Å². The molecule has 0 unspecified atom stereocenters. The standard InChI is InChI=1S/C13H16N2O2/c16-12-5-4-10-2-1-3-11(13(10)14-12)15-6-8-17-9-7-15/h1-3H,4-9H2,(H,14,16). The molecule has 90 valence electrons. The molecule has 1 saturated heterocycles. The van der Waals surface area contributed by atoms with E-state index in [1.807, 2.05) is 0 Å². The molecule has 2 heterocycles. The molecule has 1 fully saturated rings. The van der Waals surface area contributed by atoms with E-state index >= 15 is 0 Å². The number of morpholine rings is 1. The van der Waals surface area contributed by atoms with Crippen LogP contribution in [0.5, 0.6) is 0 Å². The Morgan fingerprint density at radius 1 is 1.18 bits per heavy atom. The van der Waals surface area contributed by atoms with Crippen LogP contribution in [0.1, 0.15) is 12.0 Å². The molecule has 0 saturated carbocycles. The smallest absolute Gasteiger partial charge is 0.224 e. The number of ether oxygens (including phenoxy) is 1. The number of carbonyl (C=O) groups is 1. The molecule has 0 spiro atoms. The monoisotopic (exact) mass is 232 g/mol.